The topological polar surface area (TPSA) is 169 Å². The third-order valence-corrected chi connectivity index (χ3v) is 13.4. The highest BCUT2D eigenvalue weighted by Gasteiger charge is 2.54. The summed E-state index contributed by atoms with van der Waals surface area (Å²) in [6.45, 7) is -0.0802. The molecular weight excluding hydrogens is 988 g/mol. The number of amides is 1. The van der Waals surface area contributed by atoms with E-state index in [0.717, 1.165) is 38.6 Å². The monoisotopic (exact) mass is 1050 g/mol. The Balaban J connectivity index is 1.15. The van der Waals surface area contributed by atoms with Crippen molar-refractivity contribution in [1.82, 2.24) is 4.90 Å². The second-order valence-corrected chi connectivity index (χ2v) is 18.6. The van der Waals surface area contributed by atoms with Gasteiger partial charge in [0.15, 0.2) is 6.29 Å². The van der Waals surface area contributed by atoms with Crippen molar-refractivity contribution in [2.24, 2.45) is 5.11 Å². The molecule has 0 spiro atoms. The SMILES string of the molecule is [N-]=[N+]=N[C@H]1[C@@H](O[C@H]2[C@H](OCc3ccccc3)[C@@H](OCc3ccccc3)CN(C(=O)OCc3ccccc3)[C@H]2COc2cccc3ccccc23)O[C@H](COC(=O)CCl)[C@@H](OCc2ccccc2)[C@@H]1OCc1ccccc1. The number of azide groups is 1. The van der Waals surface area contributed by atoms with Crippen molar-refractivity contribution < 1.29 is 52.2 Å². The number of carbonyl (C=O) groups is 2. The smallest absolute Gasteiger partial charge is 0.410 e. The molecule has 0 aromatic heterocycles. The van der Waals surface area contributed by atoms with Crippen molar-refractivity contribution in [2.75, 3.05) is 25.6 Å². The highest BCUT2D eigenvalue weighted by molar-refractivity contribution is 6.26. The fourth-order valence-electron chi connectivity index (χ4n) is 9.41. The number of carbonyl (C=O) groups excluding carboxylic acids is 2. The summed E-state index contributed by atoms with van der Waals surface area (Å²) in [5.74, 6) is -0.550. The summed E-state index contributed by atoms with van der Waals surface area (Å²) in [5.41, 5.74) is 14.6. The lowest BCUT2D eigenvalue weighted by atomic mass is 9.92. The molecule has 9 rings (SSSR count). The third kappa shape index (κ3) is 14.3. The number of ether oxygens (including phenoxy) is 9. The van der Waals surface area contributed by atoms with Gasteiger partial charge in [-0.05, 0) is 44.8 Å². The summed E-state index contributed by atoms with van der Waals surface area (Å²) in [6, 6.07) is 59.1. The molecule has 76 heavy (non-hydrogen) atoms. The summed E-state index contributed by atoms with van der Waals surface area (Å²) < 4.78 is 60.2. The molecule has 1 amide bonds. The minimum absolute atomic E-state index is 0.0101. The van der Waals surface area contributed by atoms with Gasteiger partial charge >= 0.3 is 12.1 Å². The van der Waals surface area contributed by atoms with Crippen LogP contribution in [0.4, 0.5) is 4.79 Å². The molecule has 2 heterocycles. The summed E-state index contributed by atoms with van der Waals surface area (Å²) in [5, 5.41) is 6.15. The molecule has 15 nitrogen and oxygen atoms in total. The largest absolute Gasteiger partial charge is 0.491 e. The van der Waals surface area contributed by atoms with Crippen molar-refractivity contribution >= 4 is 34.4 Å². The van der Waals surface area contributed by atoms with E-state index in [2.05, 4.69) is 10.0 Å². The molecule has 16 heteroatoms. The van der Waals surface area contributed by atoms with Crippen molar-refractivity contribution in [3.63, 3.8) is 0 Å². The Kier molecular flexibility index (Phi) is 19.3. The predicted octanol–water partition coefficient (Wildman–Crippen LogP) is 11.2. The van der Waals surface area contributed by atoms with E-state index in [9.17, 15) is 15.1 Å². The molecule has 2 aliphatic rings. The van der Waals surface area contributed by atoms with Gasteiger partial charge in [-0.1, -0.05) is 193 Å². The van der Waals surface area contributed by atoms with Gasteiger partial charge in [-0.3, -0.25) is 9.69 Å². The van der Waals surface area contributed by atoms with Crippen LogP contribution in [0.2, 0.25) is 0 Å². The molecule has 7 aromatic rings. The van der Waals surface area contributed by atoms with E-state index < -0.39 is 72.9 Å². The van der Waals surface area contributed by atoms with E-state index >= 15 is 0 Å². The summed E-state index contributed by atoms with van der Waals surface area (Å²) in [6.07, 6.45) is -8.29. The van der Waals surface area contributed by atoms with E-state index in [0.29, 0.717) is 5.75 Å². The summed E-state index contributed by atoms with van der Waals surface area (Å²) in [4.78, 5) is 32.6. The van der Waals surface area contributed by atoms with Crippen molar-refractivity contribution in [3.8, 4) is 5.75 Å². The lowest BCUT2D eigenvalue weighted by molar-refractivity contribution is -0.316. The zero-order chi connectivity index (χ0) is 52.3. The quantitative estimate of drug-likeness (QED) is 0.0196. The van der Waals surface area contributed by atoms with Gasteiger partial charge in [0.1, 0.15) is 74.1 Å². The van der Waals surface area contributed by atoms with Crippen LogP contribution in [0.3, 0.4) is 0 Å². The molecule has 7 aromatic carbocycles. The molecule has 0 aliphatic carbocycles. The molecule has 0 unspecified atom stereocenters. The van der Waals surface area contributed by atoms with Gasteiger partial charge in [0, 0.05) is 10.3 Å². The molecule has 0 bridgehead atoms. The molecule has 0 saturated carbocycles. The van der Waals surface area contributed by atoms with Gasteiger partial charge in [0.2, 0.25) is 0 Å². The van der Waals surface area contributed by atoms with Gasteiger partial charge in [-0.2, -0.15) is 0 Å². The Hall–Kier alpha value is -7.30. The van der Waals surface area contributed by atoms with Crippen LogP contribution in [-0.2, 0) is 75.7 Å². The normalized spacial score (nSPS) is 22.3. The van der Waals surface area contributed by atoms with Crippen LogP contribution in [0, 0.1) is 0 Å². The van der Waals surface area contributed by atoms with E-state index in [1.54, 1.807) is 4.90 Å². The molecule has 2 fully saturated rings. The average Bonchev–Trinajstić information content (AvgIpc) is 3.49. The van der Waals surface area contributed by atoms with Crippen molar-refractivity contribution in [1.29, 1.82) is 0 Å². The maximum Gasteiger partial charge on any atom is 0.410 e. The number of alkyl halides is 1. The number of fused-ring (bicyclic) bond motifs is 1. The highest BCUT2D eigenvalue weighted by Crippen LogP contribution is 2.37. The highest BCUT2D eigenvalue weighted by atomic mass is 35.5. The van der Waals surface area contributed by atoms with Crippen LogP contribution in [0.5, 0.6) is 5.75 Å². The van der Waals surface area contributed by atoms with Crippen LogP contribution in [0.25, 0.3) is 21.2 Å². The number of rotatable bonds is 23. The minimum atomic E-state index is -1.46. The molecule has 392 valence electrons. The molecular formula is C60H59ClN4O11. The van der Waals surface area contributed by atoms with Crippen LogP contribution in [0.1, 0.15) is 27.8 Å². The second kappa shape index (κ2) is 27.5. The Morgan fingerprint density at radius 2 is 1.07 bits per heavy atom. The zero-order valence-corrected chi connectivity index (χ0v) is 42.4. The van der Waals surface area contributed by atoms with Crippen LogP contribution < -0.4 is 4.74 Å². The summed E-state index contributed by atoms with van der Waals surface area (Å²) >= 11 is 5.97. The van der Waals surface area contributed by atoms with Gasteiger partial charge < -0.3 is 42.6 Å². The van der Waals surface area contributed by atoms with Crippen molar-refractivity contribution in [3.05, 3.63) is 232 Å². The van der Waals surface area contributed by atoms with Gasteiger partial charge in [0.05, 0.1) is 39.0 Å². The average molecular weight is 1050 g/mol. The predicted molar refractivity (Wildman–Crippen MR) is 285 cm³/mol. The number of esters is 1. The van der Waals surface area contributed by atoms with E-state index in [1.165, 1.54) is 0 Å². The lowest BCUT2D eigenvalue weighted by Gasteiger charge is -2.50. The minimum Gasteiger partial charge on any atom is -0.491 e. The Bertz CT molecular complexity index is 2940. The molecule has 2 saturated heterocycles. The molecule has 2 aliphatic heterocycles. The summed E-state index contributed by atoms with van der Waals surface area (Å²) in [7, 11) is 0. The Morgan fingerprint density at radius 3 is 1.63 bits per heavy atom. The Morgan fingerprint density at radius 1 is 0.566 bits per heavy atom. The molecule has 0 radical (unpaired) electrons. The first kappa shape index (κ1) is 53.5. The number of likely N-dealkylation sites (tertiary alicyclic amines) is 1. The van der Waals surface area contributed by atoms with Crippen LogP contribution in [-0.4, -0.2) is 97.6 Å². The van der Waals surface area contributed by atoms with E-state index in [-0.39, 0.29) is 52.8 Å². The Labute approximate surface area is 446 Å². The maximum atomic E-state index is 15.0. The standard InChI is InChI=1S/C60H59ClN4O11/c61-33-53(66)70-41-52-57(72-37-44-23-10-3-11-24-44)58(73-38-45-25-12-4-13-26-45)54(63-64-62)59(75-52)76-55-49(40-69-50-32-18-30-47-29-16-17-31-48(47)50)65(60(67)74-39-46-27-14-5-15-28-46)34-51(68-35-42-19-6-1-7-20-42)56(55)71-36-43-21-8-2-9-22-43/h1-32,49,51-52,54-59H,33-41H2/t49-,51-,52+,54+,55+,56+,57+,58+,59+/m0/s1. The number of hydrogen-bond acceptors (Lipinski definition) is 12. The van der Waals surface area contributed by atoms with Gasteiger partial charge in [0.25, 0.3) is 0 Å². The van der Waals surface area contributed by atoms with Crippen LogP contribution in [0.15, 0.2) is 199 Å². The molecule has 0 N–H and O–H groups in total. The first-order chi connectivity index (χ1) is 37.4. The zero-order valence-electron chi connectivity index (χ0n) is 41.7. The fourth-order valence-corrected chi connectivity index (χ4v) is 9.49. The van der Waals surface area contributed by atoms with Gasteiger partial charge in [-0.15, -0.1) is 11.6 Å². The van der Waals surface area contributed by atoms with E-state index in [1.807, 2.05) is 194 Å². The fraction of sp³-hybridized carbons (Fsp3) is 0.300. The first-order valence-electron chi connectivity index (χ1n) is 25.2. The van der Waals surface area contributed by atoms with Crippen molar-refractivity contribution in [2.45, 2.75) is 88.0 Å². The maximum absolute atomic E-state index is 15.0. The number of benzene rings is 7. The first-order valence-corrected chi connectivity index (χ1v) is 25.7. The lowest BCUT2D eigenvalue weighted by Crippen LogP contribution is -2.68. The van der Waals surface area contributed by atoms with Gasteiger partial charge in [-0.25, -0.2) is 4.79 Å². The third-order valence-electron chi connectivity index (χ3n) is 13.2. The number of nitrogens with zero attached hydrogens (tertiary/aromatic N) is 4. The number of piperidine rings is 1. The molecule has 9 atom stereocenters. The number of halogens is 1. The number of hydrogen-bond donors (Lipinski definition) is 0. The van der Waals surface area contributed by atoms with Crippen LogP contribution >= 0.6 is 11.6 Å². The van der Waals surface area contributed by atoms with E-state index in [4.69, 9.17) is 54.2 Å². The second-order valence-electron chi connectivity index (χ2n) is 18.3.